The maximum Gasteiger partial charge on any atom is 0.266 e. The predicted molar refractivity (Wildman–Crippen MR) is 92.4 cm³/mol. The number of morpholine rings is 1. The van der Waals surface area contributed by atoms with Gasteiger partial charge in [0.05, 0.1) is 18.9 Å². The van der Waals surface area contributed by atoms with Gasteiger partial charge < -0.3 is 14.5 Å². The van der Waals surface area contributed by atoms with E-state index in [-0.39, 0.29) is 5.91 Å². The van der Waals surface area contributed by atoms with Crippen molar-refractivity contribution in [1.82, 2.24) is 14.9 Å². The highest BCUT2D eigenvalue weighted by Gasteiger charge is 2.28. The third-order valence-corrected chi connectivity index (χ3v) is 5.70. The lowest BCUT2D eigenvalue weighted by Gasteiger charge is -2.26. The summed E-state index contributed by atoms with van der Waals surface area (Å²) in [5.41, 5.74) is 4.15. The number of nitrogens with zero attached hydrogens (tertiary/aromatic N) is 4. The minimum atomic E-state index is 0.0679. The number of amides is 1. The number of rotatable bonds is 2. The lowest BCUT2D eigenvalue weighted by atomic mass is 10.2. The van der Waals surface area contributed by atoms with Gasteiger partial charge in [-0.15, -0.1) is 0 Å². The highest BCUT2D eigenvalue weighted by atomic mass is 32.1. The number of fused-ring (bicyclic) bond motifs is 1. The van der Waals surface area contributed by atoms with Crippen LogP contribution in [0.1, 0.15) is 32.2 Å². The third-order valence-electron chi connectivity index (χ3n) is 4.49. The first-order valence-electron chi connectivity index (χ1n) is 8.15. The van der Waals surface area contributed by atoms with Crippen LogP contribution in [-0.2, 0) is 17.8 Å². The van der Waals surface area contributed by atoms with Gasteiger partial charge in [0, 0.05) is 38.1 Å². The van der Waals surface area contributed by atoms with Crippen molar-refractivity contribution < 1.29 is 9.53 Å². The van der Waals surface area contributed by atoms with Crippen LogP contribution in [0.3, 0.4) is 0 Å². The normalized spacial score (nSPS) is 17.2. The number of hydrogen-bond donors (Lipinski definition) is 0. The largest absolute Gasteiger partial charge is 0.378 e. The first-order chi connectivity index (χ1) is 11.6. The molecule has 7 heteroatoms. The molecule has 2 aromatic rings. The Labute approximate surface area is 145 Å². The van der Waals surface area contributed by atoms with Gasteiger partial charge in [0.15, 0.2) is 5.13 Å². The van der Waals surface area contributed by atoms with Gasteiger partial charge in [0.2, 0.25) is 0 Å². The van der Waals surface area contributed by atoms with E-state index in [1.807, 2.05) is 24.9 Å². The second-order valence-electron chi connectivity index (χ2n) is 6.27. The van der Waals surface area contributed by atoms with E-state index in [9.17, 15) is 4.79 Å². The number of carbonyl (C=O) groups excluding carboxylic acids is 1. The summed E-state index contributed by atoms with van der Waals surface area (Å²) in [7, 11) is 0. The van der Waals surface area contributed by atoms with Gasteiger partial charge in [0.25, 0.3) is 5.91 Å². The van der Waals surface area contributed by atoms with Crippen LogP contribution in [0, 0.1) is 13.8 Å². The average molecular weight is 344 g/mol. The molecule has 4 rings (SSSR count). The average Bonchev–Trinajstić information content (AvgIpc) is 3.18. The van der Waals surface area contributed by atoms with E-state index >= 15 is 0 Å². The Kier molecular flexibility index (Phi) is 3.97. The van der Waals surface area contributed by atoms with Gasteiger partial charge in [-0.1, -0.05) is 11.3 Å². The third kappa shape index (κ3) is 2.78. The first kappa shape index (κ1) is 15.5. The van der Waals surface area contributed by atoms with Crippen LogP contribution in [0.2, 0.25) is 0 Å². The molecule has 0 atom stereocenters. The first-order valence-corrected chi connectivity index (χ1v) is 8.97. The van der Waals surface area contributed by atoms with Gasteiger partial charge in [-0.25, -0.2) is 4.98 Å². The van der Waals surface area contributed by atoms with Crippen LogP contribution >= 0.6 is 11.3 Å². The zero-order chi connectivity index (χ0) is 16.7. The summed E-state index contributed by atoms with van der Waals surface area (Å²) in [5, 5.41) is 0.924. The number of thiazole rings is 1. The lowest BCUT2D eigenvalue weighted by molar-refractivity contribution is 0.0755. The second kappa shape index (κ2) is 6.14. The van der Waals surface area contributed by atoms with Crippen molar-refractivity contribution in [2.24, 2.45) is 0 Å². The van der Waals surface area contributed by atoms with Crippen molar-refractivity contribution in [2.75, 3.05) is 31.2 Å². The minimum Gasteiger partial charge on any atom is -0.378 e. The van der Waals surface area contributed by atoms with E-state index in [1.165, 1.54) is 16.9 Å². The lowest BCUT2D eigenvalue weighted by Crippen LogP contribution is -2.36. The summed E-state index contributed by atoms with van der Waals surface area (Å²) < 4.78 is 5.39. The van der Waals surface area contributed by atoms with Crippen LogP contribution in [0.25, 0.3) is 0 Å². The summed E-state index contributed by atoms with van der Waals surface area (Å²) in [6, 6.07) is 2.07. The van der Waals surface area contributed by atoms with Gasteiger partial charge in [-0.3, -0.25) is 9.78 Å². The maximum absolute atomic E-state index is 13.0. The molecule has 0 aliphatic carbocycles. The zero-order valence-electron chi connectivity index (χ0n) is 13.9. The Morgan fingerprint density at radius 1 is 1.21 bits per heavy atom. The molecule has 0 aromatic carbocycles. The van der Waals surface area contributed by atoms with E-state index in [2.05, 4.69) is 20.9 Å². The van der Waals surface area contributed by atoms with Crippen LogP contribution in [0.5, 0.6) is 0 Å². The Hall–Kier alpha value is -1.99. The zero-order valence-corrected chi connectivity index (χ0v) is 14.7. The smallest absolute Gasteiger partial charge is 0.266 e. The topological polar surface area (TPSA) is 58.6 Å². The molecule has 0 spiro atoms. The molecule has 0 unspecified atom stereocenters. The fourth-order valence-electron chi connectivity index (χ4n) is 3.16. The van der Waals surface area contributed by atoms with Gasteiger partial charge in [-0.2, -0.15) is 0 Å². The molecule has 6 nitrogen and oxygen atoms in total. The molecule has 0 saturated carbocycles. The molecule has 1 saturated heterocycles. The van der Waals surface area contributed by atoms with E-state index in [1.54, 1.807) is 0 Å². The van der Waals surface area contributed by atoms with E-state index in [4.69, 9.17) is 4.74 Å². The Morgan fingerprint density at radius 2 is 1.96 bits per heavy atom. The van der Waals surface area contributed by atoms with Gasteiger partial charge in [0.1, 0.15) is 4.88 Å². The molecule has 126 valence electrons. The highest BCUT2D eigenvalue weighted by molar-refractivity contribution is 7.17. The van der Waals surface area contributed by atoms with Crippen LogP contribution in [0.15, 0.2) is 12.3 Å². The fourth-order valence-corrected chi connectivity index (χ4v) is 4.25. The van der Waals surface area contributed by atoms with Crippen LogP contribution in [-0.4, -0.2) is 47.1 Å². The molecule has 1 amide bonds. The molecule has 2 aliphatic rings. The molecule has 2 aromatic heterocycles. The molecule has 0 radical (unpaired) electrons. The van der Waals surface area contributed by atoms with Crippen molar-refractivity contribution in [1.29, 1.82) is 0 Å². The number of pyridine rings is 1. The number of anilines is 1. The summed E-state index contributed by atoms with van der Waals surface area (Å²) in [6.07, 6.45) is 1.89. The fraction of sp³-hybridized carbons (Fsp3) is 0.471. The Bertz CT molecular complexity index is 783. The monoisotopic (exact) mass is 344 g/mol. The molecule has 0 N–H and O–H groups in total. The van der Waals surface area contributed by atoms with Crippen LogP contribution in [0.4, 0.5) is 5.13 Å². The summed E-state index contributed by atoms with van der Waals surface area (Å²) in [4.78, 5) is 26.7. The van der Waals surface area contributed by atoms with Crippen molar-refractivity contribution in [3.63, 3.8) is 0 Å². The molecule has 1 fully saturated rings. The number of aromatic nitrogens is 2. The Balaban J connectivity index is 1.54. The predicted octanol–water partition coefficient (Wildman–Crippen LogP) is 2.15. The number of aryl methyl sites for hydroxylation is 2. The van der Waals surface area contributed by atoms with E-state index in [0.29, 0.717) is 13.1 Å². The highest BCUT2D eigenvalue weighted by Crippen LogP contribution is 2.31. The van der Waals surface area contributed by atoms with Crippen LogP contribution < -0.4 is 4.90 Å². The minimum absolute atomic E-state index is 0.0679. The molecule has 0 bridgehead atoms. The number of carbonyl (C=O) groups is 1. The molecular formula is C17H20N4O2S. The van der Waals surface area contributed by atoms with Crippen molar-refractivity contribution in [3.05, 3.63) is 39.7 Å². The van der Waals surface area contributed by atoms with Gasteiger partial charge in [-0.05, 0) is 31.0 Å². The van der Waals surface area contributed by atoms with E-state index < -0.39 is 0 Å². The van der Waals surface area contributed by atoms with Crippen molar-refractivity contribution >= 4 is 22.4 Å². The second-order valence-corrected chi connectivity index (χ2v) is 7.24. The van der Waals surface area contributed by atoms with Gasteiger partial charge >= 0.3 is 0 Å². The molecule has 4 heterocycles. The standard InChI is InChI=1S/C17H20N4O2S/c1-11-7-13-9-21(10-14(13)8-18-11)16(22)15-12(2)19-17(24-15)20-3-5-23-6-4-20/h7-8H,3-6,9-10H2,1-2H3. The summed E-state index contributed by atoms with van der Waals surface area (Å²) in [6.45, 7) is 8.29. The number of ether oxygens (including phenoxy) is 1. The summed E-state index contributed by atoms with van der Waals surface area (Å²) >= 11 is 1.50. The SMILES string of the molecule is Cc1cc2c(cn1)CN(C(=O)c1sc(N3CCOCC3)nc1C)C2. The Morgan fingerprint density at radius 3 is 2.75 bits per heavy atom. The quantitative estimate of drug-likeness (QED) is 0.835. The number of hydrogen-bond acceptors (Lipinski definition) is 6. The molecule has 24 heavy (non-hydrogen) atoms. The summed E-state index contributed by atoms with van der Waals surface area (Å²) in [5.74, 6) is 0.0679. The van der Waals surface area contributed by atoms with E-state index in [0.717, 1.165) is 53.3 Å². The van der Waals surface area contributed by atoms with Crippen molar-refractivity contribution in [2.45, 2.75) is 26.9 Å². The maximum atomic E-state index is 13.0. The molecular weight excluding hydrogens is 324 g/mol. The van der Waals surface area contributed by atoms with Crippen molar-refractivity contribution in [3.8, 4) is 0 Å². The molecule has 2 aliphatic heterocycles.